The highest BCUT2D eigenvalue weighted by Crippen LogP contribution is 2.22. The maximum Gasteiger partial charge on any atom is 0.258 e. The van der Waals surface area contributed by atoms with Crippen molar-refractivity contribution in [3.63, 3.8) is 0 Å². The highest BCUT2D eigenvalue weighted by Gasteiger charge is 2.23. The van der Waals surface area contributed by atoms with Crippen molar-refractivity contribution < 1.29 is 4.52 Å². The second kappa shape index (κ2) is 6.03. The summed E-state index contributed by atoms with van der Waals surface area (Å²) in [5.74, 6) is 1.95. The first-order valence-corrected chi connectivity index (χ1v) is 8.00. The Morgan fingerprint density at radius 2 is 2.50 bits per heavy atom. The summed E-state index contributed by atoms with van der Waals surface area (Å²) in [6.45, 7) is 4.96. The van der Waals surface area contributed by atoms with E-state index in [0.717, 1.165) is 31.0 Å². The van der Waals surface area contributed by atoms with E-state index < -0.39 is 0 Å². The highest BCUT2D eigenvalue weighted by atomic mass is 32.1. The van der Waals surface area contributed by atoms with Gasteiger partial charge in [0.1, 0.15) is 0 Å². The molecule has 2 unspecified atom stereocenters. The van der Waals surface area contributed by atoms with Crippen LogP contribution < -0.4 is 5.73 Å². The van der Waals surface area contributed by atoms with Crippen LogP contribution in [0.2, 0.25) is 0 Å². The largest absolute Gasteiger partial charge is 0.334 e. The van der Waals surface area contributed by atoms with E-state index in [9.17, 15) is 0 Å². The van der Waals surface area contributed by atoms with E-state index in [1.165, 1.54) is 12.8 Å². The number of nitrogens with zero attached hydrogens (tertiary/aromatic N) is 3. The van der Waals surface area contributed by atoms with E-state index in [1.807, 2.05) is 16.8 Å². The number of likely N-dealkylation sites (tertiary alicyclic amines) is 1. The van der Waals surface area contributed by atoms with E-state index >= 15 is 0 Å². The van der Waals surface area contributed by atoms with E-state index in [2.05, 4.69) is 22.0 Å². The van der Waals surface area contributed by atoms with Crippen LogP contribution >= 0.6 is 11.3 Å². The molecule has 1 aliphatic rings. The summed E-state index contributed by atoms with van der Waals surface area (Å²) in [5.41, 5.74) is 7.02. The molecular weight excluding hydrogens is 272 g/mol. The third-order valence-corrected chi connectivity index (χ3v) is 4.57. The van der Waals surface area contributed by atoms with Gasteiger partial charge in [0.2, 0.25) is 0 Å². The van der Waals surface area contributed by atoms with Crippen molar-refractivity contribution in [3.8, 4) is 11.5 Å². The quantitative estimate of drug-likeness (QED) is 0.937. The molecule has 1 saturated heterocycles. The summed E-state index contributed by atoms with van der Waals surface area (Å²) in [6.07, 6.45) is 2.42. The molecule has 6 heteroatoms. The average molecular weight is 292 g/mol. The third kappa shape index (κ3) is 3.08. The lowest BCUT2D eigenvalue weighted by Gasteiger charge is -2.33. The van der Waals surface area contributed by atoms with Crippen molar-refractivity contribution in [1.82, 2.24) is 15.0 Å². The zero-order valence-electron chi connectivity index (χ0n) is 11.7. The molecule has 3 rings (SSSR count). The number of piperidine rings is 1. The van der Waals surface area contributed by atoms with Gasteiger partial charge in [-0.2, -0.15) is 16.3 Å². The molecule has 0 radical (unpaired) electrons. The van der Waals surface area contributed by atoms with Crippen molar-refractivity contribution >= 4 is 11.3 Å². The van der Waals surface area contributed by atoms with Crippen LogP contribution in [0.5, 0.6) is 0 Å². The molecule has 108 valence electrons. The predicted octanol–water partition coefficient (Wildman–Crippen LogP) is 2.36. The molecule has 5 nitrogen and oxygen atoms in total. The smallest absolute Gasteiger partial charge is 0.258 e. The Hall–Kier alpha value is -1.24. The molecule has 0 bridgehead atoms. The van der Waals surface area contributed by atoms with Gasteiger partial charge in [0.15, 0.2) is 5.82 Å². The molecule has 1 fully saturated rings. The Morgan fingerprint density at radius 1 is 1.60 bits per heavy atom. The summed E-state index contributed by atoms with van der Waals surface area (Å²) in [6, 6.07) is 2.25. The maximum atomic E-state index is 6.02. The van der Waals surface area contributed by atoms with Gasteiger partial charge >= 0.3 is 0 Å². The minimum absolute atomic E-state index is 0.254. The van der Waals surface area contributed by atoms with E-state index in [4.69, 9.17) is 10.3 Å². The van der Waals surface area contributed by atoms with Gasteiger partial charge in [-0.1, -0.05) is 5.16 Å². The number of thiophene rings is 1. The first-order valence-electron chi connectivity index (χ1n) is 7.05. The predicted molar refractivity (Wildman–Crippen MR) is 79.3 cm³/mol. The number of nitrogens with two attached hydrogens (primary N) is 1. The molecule has 0 amide bonds. The molecule has 0 spiro atoms. The fraction of sp³-hybridized carbons (Fsp3) is 0.571. The lowest BCUT2D eigenvalue weighted by molar-refractivity contribution is 0.150. The second-order valence-corrected chi connectivity index (χ2v) is 6.30. The van der Waals surface area contributed by atoms with Crippen molar-refractivity contribution in [2.24, 2.45) is 11.7 Å². The summed E-state index contributed by atoms with van der Waals surface area (Å²) in [7, 11) is 0. The number of hydrogen-bond donors (Lipinski definition) is 1. The molecule has 0 aliphatic carbocycles. The van der Waals surface area contributed by atoms with Crippen molar-refractivity contribution in [1.29, 1.82) is 0 Å². The summed E-state index contributed by atoms with van der Waals surface area (Å²) < 4.78 is 5.32. The molecule has 1 aliphatic heterocycles. The molecule has 3 heterocycles. The van der Waals surface area contributed by atoms with Crippen LogP contribution in [-0.4, -0.2) is 34.2 Å². The maximum absolute atomic E-state index is 6.02. The van der Waals surface area contributed by atoms with Gasteiger partial charge in [-0.3, -0.25) is 4.90 Å². The van der Waals surface area contributed by atoms with Crippen molar-refractivity contribution in [2.45, 2.75) is 32.4 Å². The van der Waals surface area contributed by atoms with Crippen LogP contribution in [0.25, 0.3) is 11.5 Å². The average Bonchev–Trinajstić information content (AvgIpc) is 3.09. The van der Waals surface area contributed by atoms with Gasteiger partial charge in [-0.15, -0.1) is 0 Å². The normalized spacial score (nSPS) is 22.0. The number of rotatable bonds is 4. The van der Waals surface area contributed by atoms with E-state index in [-0.39, 0.29) is 6.04 Å². The fourth-order valence-corrected chi connectivity index (χ4v) is 3.32. The highest BCUT2D eigenvalue weighted by molar-refractivity contribution is 7.08. The van der Waals surface area contributed by atoms with Gasteiger partial charge in [-0.05, 0) is 43.7 Å². The molecule has 0 saturated carbocycles. The zero-order chi connectivity index (χ0) is 13.9. The Labute approximate surface area is 122 Å². The Kier molecular flexibility index (Phi) is 4.14. The first-order chi connectivity index (χ1) is 9.72. The van der Waals surface area contributed by atoms with Gasteiger partial charge in [-0.25, -0.2) is 0 Å². The SMILES string of the molecule is CC(N)C1CCCN(Cc2noc(-c3ccsc3)n2)C1. The molecule has 2 N–H and O–H groups in total. The first kappa shape index (κ1) is 13.7. The van der Waals surface area contributed by atoms with Crippen molar-refractivity contribution in [2.75, 3.05) is 13.1 Å². The van der Waals surface area contributed by atoms with E-state index in [0.29, 0.717) is 11.8 Å². The summed E-state index contributed by atoms with van der Waals surface area (Å²) in [4.78, 5) is 6.85. The van der Waals surface area contributed by atoms with Crippen LogP contribution in [0.1, 0.15) is 25.6 Å². The molecule has 20 heavy (non-hydrogen) atoms. The third-order valence-electron chi connectivity index (χ3n) is 3.89. The topological polar surface area (TPSA) is 68.2 Å². The Balaban J connectivity index is 1.63. The molecule has 2 aromatic heterocycles. The van der Waals surface area contributed by atoms with Crippen LogP contribution in [0.15, 0.2) is 21.3 Å². The number of aromatic nitrogens is 2. The van der Waals surface area contributed by atoms with Gasteiger partial charge in [0.25, 0.3) is 5.89 Å². The fourth-order valence-electron chi connectivity index (χ4n) is 2.69. The summed E-state index contributed by atoms with van der Waals surface area (Å²) >= 11 is 1.63. The van der Waals surface area contributed by atoms with Crippen molar-refractivity contribution in [3.05, 3.63) is 22.7 Å². The minimum atomic E-state index is 0.254. The standard InChI is InChI=1S/C14H20N4OS/c1-10(15)11-3-2-5-18(7-11)8-13-16-14(19-17-13)12-4-6-20-9-12/h4,6,9-11H,2-3,5,7-8,15H2,1H3. The van der Waals surface area contributed by atoms with Crippen LogP contribution in [0.3, 0.4) is 0 Å². The molecule has 2 aromatic rings. The minimum Gasteiger partial charge on any atom is -0.334 e. The molecular formula is C14H20N4OS. The monoisotopic (exact) mass is 292 g/mol. The Bertz CT molecular complexity index is 537. The molecule has 2 atom stereocenters. The Morgan fingerprint density at radius 3 is 3.25 bits per heavy atom. The summed E-state index contributed by atoms with van der Waals surface area (Å²) in [5, 5.41) is 8.11. The van der Waals surface area contributed by atoms with Gasteiger partial charge < -0.3 is 10.3 Å². The van der Waals surface area contributed by atoms with Crippen LogP contribution in [0.4, 0.5) is 0 Å². The van der Waals surface area contributed by atoms with Crippen LogP contribution in [-0.2, 0) is 6.54 Å². The lowest BCUT2D eigenvalue weighted by atomic mass is 9.92. The molecule has 0 aromatic carbocycles. The lowest BCUT2D eigenvalue weighted by Crippen LogP contribution is -2.42. The van der Waals surface area contributed by atoms with Crippen LogP contribution in [0, 0.1) is 5.92 Å². The van der Waals surface area contributed by atoms with E-state index in [1.54, 1.807) is 11.3 Å². The second-order valence-electron chi connectivity index (χ2n) is 5.52. The van der Waals surface area contributed by atoms with Gasteiger partial charge in [0.05, 0.1) is 12.1 Å². The zero-order valence-corrected chi connectivity index (χ0v) is 12.5. The van der Waals surface area contributed by atoms with Gasteiger partial charge in [0, 0.05) is 18.0 Å². The number of hydrogen-bond acceptors (Lipinski definition) is 6.